The quantitative estimate of drug-likeness (QED) is 0.832. The zero-order valence-electron chi connectivity index (χ0n) is 10.8. The first kappa shape index (κ1) is 14.1. The fraction of sp³-hybridized carbons (Fsp3) is 0.500. The van der Waals surface area contributed by atoms with Gasteiger partial charge in [0.05, 0.1) is 24.7 Å². The molecule has 1 aromatic rings. The second-order valence-electron chi connectivity index (χ2n) is 4.69. The summed E-state index contributed by atoms with van der Waals surface area (Å²) in [6.45, 7) is 3.53. The summed E-state index contributed by atoms with van der Waals surface area (Å²) in [4.78, 5) is 12.3. The first-order valence-corrected chi connectivity index (χ1v) is 6.44. The molecule has 1 aliphatic rings. The number of carbonyl (C=O) groups excluding carboxylic acids is 1. The Morgan fingerprint density at radius 3 is 2.89 bits per heavy atom. The lowest BCUT2D eigenvalue weighted by Crippen LogP contribution is -2.39. The van der Waals surface area contributed by atoms with E-state index in [1.165, 1.54) is 6.07 Å². The Kier molecular flexibility index (Phi) is 4.61. The van der Waals surface area contributed by atoms with Crippen LogP contribution in [0.5, 0.6) is 0 Å². The van der Waals surface area contributed by atoms with Crippen molar-refractivity contribution in [1.29, 1.82) is 0 Å². The van der Waals surface area contributed by atoms with Gasteiger partial charge in [-0.1, -0.05) is 6.92 Å². The molecule has 0 aliphatic carbocycles. The van der Waals surface area contributed by atoms with Crippen LogP contribution in [0.4, 0.5) is 8.78 Å². The molecule has 1 saturated heterocycles. The highest BCUT2D eigenvalue weighted by molar-refractivity contribution is 5.98. The van der Waals surface area contributed by atoms with Gasteiger partial charge in [-0.3, -0.25) is 4.79 Å². The molecule has 2 unspecified atom stereocenters. The van der Waals surface area contributed by atoms with Gasteiger partial charge in [0.15, 0.2) is 5.78 Å². The standard InChI is InChI=1S/C14H17F2NO2/c1-2-5-17-13-8-19-7-11(13)14(18)10-4-3-9(15)6-12(10)16/h3-4,6,11,13,17H,2,5,7-8H2,1H3. The van der Waals surface area contributed by atoms with Gasteiger partial charge in [-0.15, -0.1) is 0 Å². The van der Waals surface area contributed by atoms with Crippen LogP contribution in [0.15, 0.2) is 18.2 Å². The van der Waals surface area contributed by atoms with E-state index in [4.69, 9.17) is 4.74 Å². The molecule has 0 amide bonds. The normalized spacial score (nSPS) is 22.7. The number of benzene rings is 1. The molecule has 1 aliphatic heterocycles. The number of rotatable bonds is 5. The smallest absolute Gasteiger partial charge is 0.172 e. The maximum Gasteiger partial charge on any atom is 0.172 e. The van der Waals surface area contributed by atoms with Crippen molar-refractivity contribution < 1.29 is 18.3 Å². The third kappa shape index (κ3) is 3.16. The summed E-state index contributed by atoms with van der Waals surface area (Å²) in [5, 5.41) is 3.22. The van der Waals surface area contributed by atoms with Gasteiger partial charge in [0.1, 0.15) is 11.6 Å². The van der Waals surface area contributed by atoms with Gasteiger partial charge in [0.2, 0.25) is 0 Å². The van der Waals surface area contributed by atoms with Gasteiger partial charge in [0, 0.05) is 12.1 Å². The molecule has 0 saturated carbocycles. The van der Waals surface area contributed by atoms with Crippen LogP contribution in [-0.4, -0.2) is 31.6 Å². The summed E-state index contributed by atoms with van der Waals surface area (Å²) in [5.41, 5.74) is -0.0693. The molecule has 0 aromatic heterocycles. The highest BCUT2D eigenvalue weighted by atomic mass is 19.1. The molecule has 0 spiro atoms. The molecule has 104 valence electrons. The van der Waals surface area contributed by atoms with E-state index < -0.39 is 17.6 Å². The first-order valence-electron chi connectivity index (χ1n) is 6.44. The molecular weight excluding hydrogens is 252 g/mol. The second-order valence-corrected chi connectivity index (χ2v) is 4.69. The topological polar surface area (TPSA) is 38.3 Å². The number of ketones is 1. The number of Topliss-reactive ketones (excluding diaryl/α,β-unsaturated/α-hetero) is 1. The summed E-state index contributed by atoms with van der Waals surface area (Å²) in [6.07, 6.45) is 0.947. The maximum absolute atomic E-state index is 13.6. The Hall–Kier alpha value is -1.33. The van der Waals surface area contributed by atoms with E-state index in [-0.39, 0.29) is 24.0 Å². The van der Waals surface area contributed by atoms with Gasteiger partial charge in [-0.25, -0.2) is 8.78 Å². The minimum absolute atomic E-state index is 0.0693. The molecule has 2 atom stereocenters. The van der Waals surface area contributed by atoms with Crippen molar-refractivity contribution in [3.05, 3.63) is 35.4 Å². The third-order valence-corrected chi connectivity index (χ3v) is 3.27. The van der Waals surface area contributed by atoms with Crippen LogP contribution in [0.1, 0.15) is 23.7 Å². The molecule has 1 aromatic carbocycles. The largest absolute Gasteiger partial charge is 0.379 e. The van der Waals surface area contributed by atoms with E-state index in [2.05, 4.69) is 5.32 Å². The number of hydrogen-bond acceptors (Lipinski definition) is 3. The van der Waals surface area contributed by atoms with Crippen molar-refractivity contribution in [2.45, 2.75) is 19.4 Å². The van der Waals surface area contributed by atoms with E-state index >= 15 is 0 Å². The molecule has 0 radical (unpaired) electrons. The van der Waals surface area contributed by atoms with Gasteiger partial charge >= 0.3 is 0 Å². The van der Waals surface area contributed by atoms with Crippen LogP contribution >= 0.6 is 0 Å². The summed E-state index contributed by atoms with van der Waals surface area (Å²) < 4.78 is 31.7. The number of nitrogens with one attached hydrogen (secondary N) is 1. The van der Waals surface area contributed by atoms with Crippen LogP contribution < -0.4 is 5.32 Å². The minimum atomic E-state index is -0.814. The molecule has 1 N–H and O–H groups in total. The lowest BCUT2D eigenvalue weighted by molar-refractivity contribution is 0.0887. The Balaban J connectivity index is 2.13. The molecule has 1 fully saturated rings. The van der Waals surface area contributed by atoms with Crippen LogP contribution in [0.2, 0.25) is 0 Å². The highest BCUT2D eigenvalue weighted by Gasteiger charge is 2.35. The number of hydrogen-bond donors (Lipinski definition) is 1. The predicted molar refractivity (Wildman–Crippen MR) is 67.1 cm³/mol. The van der Waals surface area contributed by atoms with Crippen molar-refractivity contribution in [1.82, 2.24) is 5.32 Å². The van der Waals surface area contributed by atoms with E-state index in [9.17, 15) is 13.6 Å². The maximum atomic E-state index is 13.6. The van der Waals surface area contributed by atoms with Crippen molar-refractivity contribution >= 4 is 5.78 Å². The lowest BCUT2D eigenvalue weighted by atomic mass is 9.93. The highest BCUT2D eigenvalue weighted by Crippen LogP contribution is 2.21. The van der Waals surface area contributed by atoms with Gasteiger partial charge < -0.3 is 10.1 Å². The monoisotopic (exact) mass is 269 g/mol. The van der Waals surface area contributed by atoms with Crippen molar-refractivity contribution in [3.8, 4) is 0 Å². The number of carbonyl (C=O) groups is 1. The average molecular weight is 269 g/mol. The van der Waals surface area contributed by atoms with Crippen LogP contribution in [0, 0.1) is 17.6 Å². The van der Waals surface area contributed by atoms with Gasteiger partial charge in [0.25, 0.3) is 0 Å². The summed E-state index contributed by atoms with van der Waals surface area (Å²) in [6, 6.07) is 2.93. The molecular formula is C14H17F2NO2. The average Bonchev–Trinajstić information content (AvgIpc) is 2.83. The van der Waals surface area contributed by atoms with Crippen molar-refractivity contribution in [2.75, 3.05) is 19.8 Å². The minimum Gasteiger partial charge on any atom is -0.379 e. The zero-order valence-corrected chi connectivity index (χ0v) is 10.8. The fourth-order valence-corrected chi connectivity index (χ4v) is 2.23. The fourth-order valence-electron chi connectivity index (χ4n) is 2.23. The summed E-state index contributed by atoms with van der Waals surface area (Å²) in [7, 11) is 0. The van der Waals surface area contributed by atoms with Gasteiger partial charge in [-0.05, 0) is 25.1 Å². The first-order chi connectivity index (χ1) is 9.13. The Labute approximate surface area is 111 Å². The second kappa shape index (κ2) is 6.21. The molecule has 0 bridgehead atoms. The predicted octanol–water partition coefficient (Wildman–Crippen LogP) is 2.16. The molecule has 19 heavy (non-hydrogen) atoms. The molecule has 5 heteroatoms. The van der Waals surface area contributed by atoms with Crippen LogP contribution in [0.3, 0.4) is 0 Å². The molecule has 3 nitrogen and oxygen atoms in total. The molecule has 1 heterocycles. The van der Waals surface area contributed by atoms with E-state index in [0.717, 1.165) is 25.1 Å². The van der Waals surface area contributed by atoms with Gasteiger partial charge in [-0.2, -0.15) is 0 Å². The summed E-state index contributed by atoms with van der Waals surface area (Å²) in [5.74, 6) is -2.24. The SMILES string of the molecule is CCCNC1COCC1C(=O)c1ccc(F)cc1F. The zero-order chi connectivity index (χ0) is 13.8. The number of halogens is 2. The Morgan fingerprint density at radius 2 is 2.21 bits per heavy atom. The molecule has 2 rings (SSSR count). The van der Waals surface area contributed by atoms with E-state index in [1.54, 1.807) is 0 Å². The third-order valence-electron chi connectivity index (χ3n) is 3.27. The lowest BCUT2D eigenvalue weighted by Gasteiger charge is -2.18. The summed E-state index contributed by atoms with van der Waals surface area (Å²) >= 11 is 0. The van der Waals surface area contributed by atoms with Crippen molar-refractivity contribution in [2.24, 2.45) is 5.92 Å². The van der Waals surface area contributed by atoms with Crippen molar-refractivity contribution in [3.63, 3.8) is 0 Å². The number of ether oxygens (including phenoxy) is 1. The van der Waals surface area contributed by atoms with Crippen LogP contribution in [-0.2, 0) is 4.74 Å². The van der Waals surface area contributed by atoms with Crippen LogP contribution in [0.25, 0.3) is 0 Å². The Bertz CT molecular complexity index is 465. The van der Waals surface area contributed by atoms with E-state index in [1.807, 2.05) is 6.92 Å². The Morgan fingerprint density at radius 1 is 1.42 bits per heavy atom. The van der Waals surface area contributed by atoms with E-state index in [0.29, 0.717) is 6.61 Å².